The Morgan fingerprint density at radius 2 is 2.40 bits per heavy atom. The molecule has 2 aromatic heterocycles. The zero-order valence-corrected chi connectivity index (χ0v) is 12.8. The third-order valence-corrected chi connectivity index (χ3v) is 5.17. The fraction of sp³-hybridized carbons (Fsp3) is 0.500. The minimum Gasteiger partial charge on any atom is -0.465 e. The molecule has 0 N–H and O–H groups in total. The Morgan fingerprint density at radius 3 is 3.10 bits per heavy atom. The first-order valence-corrected chi connectivity index (χ1v) is 8.07. The number of ether oxygens (including phenoxy) is 1. The minimum absolute atomic E-state index is 0.280. The van der Waals surface area contributed by atoms with E-state index in [4.69, 9.17) is 4.74 Å². The highest BCUT2D eigenvalue weighted by atomic mass is 32.2. The van der Waals surface area contributed by atoms with Crippen LogP contribution in [0.15, 0.2) is 11.2 Å². The van der Waals surface area contributed by atoms with Crippen molar-refractivity contribution in [3.05, 3.63) is 21.4 Å². The van der Waals surface area contributed by atoms with Gasteiger partial charge in [0, 0.05) is 10.6 Å². The average Bonchev–Trinajstić information content (AvgIpc) is 3.07. The quantitative estimate of drug-likeness (QED) is 0.624. The van der Waals surface area contributed by atoms with Crippen molar-refractivity contribution in [3.63, 3.8) is 0 Å². The Balaban J connectivity index is 1.70. The molecule has 0 unspecified atom stereocenters. The smallest absolute Gasteiger partial charge is 0.348 e. The molecule has 106 valence electrons. The molecule has 1 aliphatic rings. The second-order valence-electron chi connectivity index (χ2n) is 4.61. The number of hydrogen-bond donors (Lipinski definition) is 0. The van der Waals surface area contributed by atoms with Crippen LogP contribution in [-0.4, -0.2) is 33.3 Å². The largest absolute Gasteiger partial charge is 0.465 e. The molecule has 0 radical (unpaired) electrons. The molecule has 20 heavy (non-hydrogen) atoms. The zero-order chi connectivity index (χ0) is 14.1. The molecule has 0 aliphatic heterocycles. The van der Waals surface area contributed by atoms with E-state index >= 15 is 0 Å². The lowest BCUT2D eigenvalue weighted by Gasteiger charge is -2.01. The van der Waals surface area contributed by atoms with Crippen LogP contribution in [0.2, 0.25) is 0 Å². The maximum absolute atomic E-state index is 11.5. The molecule has 0 spiro atoms. The number of carbonyl (C=O) groups excluding carboxylic acids is 1. The number of esters is 1. The van der Waals surface area contributed by atoms with Gasteiger partial charge in [-0.1, -0.05) is 11.8 Å². The van der Waals surface area contributed by atoms with Gasteiger partial charge in [-0.25, -0.2) is 9.48 Å². The Morgan fingerprint density at radius 1 is 1.60 bits per heavy atom. The fourth-order valence-corrected chi connectivity index (χ4v) is 3.88. The van der Waals surface area contributed by atoms with E-state index in [1.165, 1.54) is 18.4 Å². The number of hydrogen-bond acceptors (Lipinski definition) is 7. The first-order chi connectivity index (χ1) is 9.69. The van der Waals surface area contributed by atoms with Crippen molar-refractivity contribution < 1.29 is 9.53 Å². The van der Waals surface area contributed by atoms with Crippen LogP contribution >= 0.6 is 23.1 Å². The van der Waals surface area contributed by atoms with Crippen LogP contribution in [0.3, 0.4) is 0 Å². The maximum Gasteiger partial charge on any atom is 0.348 e. The van der Waals surface area contributed by atoms with Gasteiger partial charge in [-0.2, -0.15) is 0 Å². The van der Waals surface area contributed by atoms with Crippen LogP contribution in [-0.2, 0) is 10.5 Å². The lowest BCUT2D eigenvalue weighted by atomic mass is 10.3. The zero-order valence-electron chi connectivity index (χ0n) is 11.2. The van der Waals surface area contributed by atoms with E-state index in [2.05, 4.69) is 15.5 Å². The van der Waals surface area contributed by atoms with Crippen LogP contribution < -0.4 is 0 Å². The van der Waals surface area contributed by atoms with Crippen LogP contribution in [0, 0.1) is 6.92 Å². The Labute approximate surface area is 124 Å². The predicted octanol–water partition coefficient (Wildman–Crippen LogP) is 2.46. The van der Waals surface area contributed by atoms with Gasteiger partial charge < -0.3 is 4.74 Å². The highest BCUT2D eigenvalue weighted by Gasteiger charge is 2.28. The summed E-state index contributed by atoms with van der Waals surface area (Å²) in [5.41, 5.74) is 1.13. The third-order valence-electron chi connectivity index (χ3n) is 3.12. The lowest BCUT2D eigenvalue weighted by Crippen LogP contribution is -1.99. The maximum atomic E-state index is 11.5. The molecular weight excluding hydrogens is 296 g/mol. The van der Waals surface area contributed by atoms with Crippen LogP contribution in [0.4, 0.5) is 0 Å². The van der Waals surface area contributed by atoms with Gasteiger partial charge in [0.25, 0.3) is 0 Å². The van der Waals surface area contributed by atoms with Gasteiger partial charge in [-0.05, 0) is 41.8 Å². The number of tetrazole rings is 1. The summed E-state index contributed by atoms with van der Waals surface area (Å²) >= 11 is 3.06. The molecule has 1 fully saturated rings. The Kier molecular flexibility index (Phi) is 3.75. The molecule has 6 nitrogen and oxygen atoms in total. The van der Waals surface area contributed by atoms with Crippen LogP contribution in [0.5, 0.6) is 0 Å². The van der Waals surface area contributed by atoms with Crippen molar-refractivity contribution in [2.75, 3.05) is 7.11 Å². The van der Waals surface area contributed by atoms with E-state index in [9.17, 15) is 4.79 Å². The summed E-state index contributed by atoms with van der Waals surface area (Å²) in [6.07, 6.45) is 2.31. The first-order valence-electron chi connectivity index (χ1n) is 6.27. The standard InChI is InChI=1S/C12H14N4O2S2/c1-7-8(5-10(20-7)11(17)18-2)6-19-12-13-14-15-16(12)9-3-4-9/h5,9H,3-4,6H2,1-2H3. The summed E-state index contributed by atoms with van der Waals surface area (Å²) in [5, 5.41) is 12.7. The van der Waals surface area contributed by atoms with Crippen molar-refractivity contribution in [2.24, 2.45) is 0 Å². The summed E-state index contributed by atoms with van der Waals surface area (Å²) in [6.45, 7) is 2.01. The van der Waals surface area contributed by atoms with Crippen molar-refractivity contribution >= 4 is 29.1 Å². The molecule has 2 heterocycles. The van der Waals surface area contributed by atoms with Crippen molar-refractivity contribution in [1.29, 1.82) is 0 Å². The predicted molar refractivity (Wildman–Crippen MR) is 76.0 cm³/mol. The number of aryl methyl sites for hydroxylation is 1. The Bertz CT molecular complexity index is 633. The highest BCUT2D eigenvalue weighted by molar-refractivity contribution is 7.98. The van der Waals surface area contributed by atoms with Gasteiger partial charge >= 0.3 is 5.97 Å². The molecule has 3 rings (SSSR count). The van der Waals surface area contributed by atoms with E-state index in [-0.39, 0.29) is 5.97 Å². The van der Waals surface area contributed by atoms with Gasteiger partial charge in [0.1, 0.15) is 4.88 Å². The number of nitrogens with zero attached hydrogens (tertiary/aromatic N) is 4. The number of aromatic nitrogens is 4. The summed E-state index contributed by atoms with van der Waals surface area (Å²) in [4.78, 5) is 13.3. The molecular formula is C12H14N4O2S2. The van der Waals surface area contributed by atoms with Crippen LogP contribution in [0.1, 0.15) is 39.0 Å². The molecule has 0 saturated heterocycles. The number of thiophene rings is 1. The minimum atomic E-state index is -0.280. The molecule has 0 aromatic carbocycles. The first kappa shape index (κ1) is 13.6. The van der Waals surface area contributed by atoms with Crippen molar-refractivity contribution in [1.82, 2.24) is 20.2 Å². The van der Waals surface area contributed by atoms with Gasteiger partial charge in [0.2, 0.25) is 5.16 Å². The summed E-state index contributed by atoms with van der Waals surface area (Å²) in [5.74, 6) is 0.476. The van der Waals surface area contributed by atoms with E-state index in [0.717, 1.165) is 34.2 Å². The van der Waals surface area contributed by atoms with Gasteiger partial charge in [0.15, 0.2) is 0 Å². The fourth-order valence-electron chi connectivity index (χ4n) is 1.84. The second kappa shape index (κ2) is 5.53. The Hall–Kier alpha value is -1.41. The average molecular weight is 310 g/mol. The van der Waals surface area contributed by atoms with Gasteiger partial charge in [-0.3, -0.25) is 0 Å². The number of thioether (sulfide) groups is 1. The molecule has 1 saturated carbocycles. The number of methoxy groups -OCH3 is 1. The molecule has 0 bridgehead atoms. The van der Waals surface area contributed by atoms with E-state index in [1.54, 1.807) is 11.8 Å². The number of carbonyl (C=O) groups is 1. The lowest BCUT2D eigenvalue weighted by molar-refractivity contribution is 0.0606. The second-order valence-corrected chi connectivity index (χ2v) is 6.81. The normalized spacial score (nSPS) is 14.5. The van der Waals surface area contributed by atoms with Crippen molar-refractivity contribution in [3.8, 4) is 0 Å². The van der Waals surface area contributed by atoms with E-state index in [0.29, 0.717) is 10.9 Å². The summed E-state index contributed by atoms with van der Waals surface area (Å²) in [7, 11) is 1.40. The highest BCUT2D eigenvalue weighted by Crippen LogP contribution is 2.37. The molecule has 1 aliphatic carbocycles. The number of rotatable bonds is 5. The molecule has 0 atom stereocenters. The molecule has 0 amide bonds. The van der Waals surface area contributed by atoms with Crippen molar-refractivity contribution in [2.45, 2.75) is 36.7 Å². The topological polar surface area (TPSA) is 69.9 Å². The van der Waals surface area contributed by atoms with Crippen LogP contribution in [0.25, 0.3) is 0 Å². The van der Waals surface area contributed by atoms with Gasteiger partial charge in [0.05, 0.1) is 13.2 Å². The van der Waals surface area contributed by atoms with E-state index in [1.807, 2.05) is 17.7 Å². The van der Waals surface area contributed by atoms with E-state index < -0.39 is 0 Å². The summed E-state index contributed by atoms with van der Waals surface area (Å²) in [6, 6.07) is 2.37. The molecule has 8 heteroatoms. The molecule has 2 aromatic rings. The summed E-state index contributed by atoms with van der Waals surface area (Å²) < 4.78 is 6.64. The monoisotopic (exact) mass is 310 g/mol. The third kappa shape index (κ3) is 2.71. The van der Waals surface area contributed by atoms with Gasteiger partial charge in [-0.15, -0.1) is 16.4 Å². The SMILES string of the molecule is COC(=O)c1cc(CSc2nnnn2C2CC2)c(C)s1.